The van der Waals surface area contributed by atoms with E-state index in [-0.39, 0.29) is 16.2 Å². The van der Waals surface area contributed by atoms with E-state index in [2.05, 4.69) is 0 Å². The van der Waals surface area contributed by atoms with Crippen molar-refractivity contribution >= 4 is 15.7 Å². The third-order valence-electron chi connectivity index (χ3n) is 1.87. The van der Waals surface area contributed by atoms with Gasteiger partial charge in [-0.15, -0.1) is 0 Å². The molecule has 1 atom stereocenters. The molecule has 0 heterocycles. The Labute approximate surface area is 82.6 Å². The molecular formula is C9H11NO3S. The van der Waals surface area contributed by atoms with Crippen molar-refractivity contribution in [3.8, 4) is 0 Å². The fraction of sp³-hybridized carbons (Fsp3) is 0.222. The summed E-state index contributed by atoms with van der Waals surface area (Å²) in [6, 6.07) is 5.73. The van der Waals surface area contributed by atoms with Crippen LogP contribution >= 0.6 is 0 Å². The monoisotopic (exact) mass is 213 g/mol. The lowest BCUT2D eigenvalue weighted by Crippen LogP contribution is -2.04. The Morgan fingerprint density at radius 1 is 1.57 bits per heavy atom. The van der Waals surface area contributed by atoms with Crippen LogP contribution in [-0.4, -0.2) is 21.0 Å². The smallest absolute Gasteiger partial charge is 0.335 e. The Balaban J connectivity index is 3.26. The minimum Gasteiger partial charge on any atom is -0.478 e. The average Bonchev–Trinajstić information content (AvgIpc) is 2.18. The summed E-state index contributed by atoms with van der Waals surface area (Å²) in [6.45, 7) is 1.64. The van der Waals surface area contributed by atoms with E-state index < -0.39 is 15.7 Å². The van der Waals surface area contributed by atoms with Crippen LogP contribution in [0.25, 0.3) is 0 Å². The van der Waals surface area contributed by atoms with Crippen LogP contribution in [0.3, 0.4) is 0 Å². The molecule has 0 spiro atoms. The second kappa shape index (κ2) is 3.79. The number of hydrogen-bond donors (Lipinski definition) is 2. The minimum atomic E-state index is -2.82. The average molecular weight is 213 g/mol. The molecule has 1 aromatic rings. The predicted octanol–water partition coefficient (Wildman–Crippen LogP) is 1.81. The van der Waals surface area contributed by atoms with Gasteiger partial charge in [-0.3, -0.25) is 0 Å². The molecule has 76 valence electrons. The highest BCUT2D eigenvalue weighted by Gasteiger charge is 2.10. The zero-order valence-electron chi connectivity index (χ0n) is 7.69. The summed E-state index contributed by atoms with van der Waals surface area (Å²) in [5.41, 5.74) is 0.0657. The molecule has 0 fully saturated rings. The number of carbonyl (C=O) groups is 1. The molecule has 0 saturated carbocycles. The van der Waals surface area contributed by atoms with Crippen molar-refractivity contribution in [2.24, 2.45) is 0 Å². The van der Waals surface area contributed by atoms with Gasteiger partial charge in [0.1, 0.15) is 0 Å². The van der Waals surface area contributed by atoms with E-state index >= 15 is 0 Å². The maximum atomic E-state index is 11.6. The Morgan fingerprint density at radius 3 is 2.71 bits per heavy atom. The summed E-state index contributed by atoms with van der Waals surface area (Å²) < 4.78 is 19.1. The molecule has 1 aromatic carbocycles. The summed E-state index contributed by atoms with van der Waals surface area (Å²) >= 11 is 0. The van der Waals surface area contributed by atoms with Crippen molar-refractivity contribution in [2.45, 2.75) is 11.8 Å². The van der Waals surface area contributed by atoms with Gasteiger partial charge in [-0.2, -0.15) is 0 Å². The summed E-state index contributed by atoms with van der Waals surface area (Å²) in [6.07, 6.45) is 0. The van der Waals surface area contributed by atoms with Crippen LogP contribution in [-0.2, 0) is 9.73 Å². The first-order chi connectivity index (χ1) is 6.47. The number of aromatic carboxylic acids is 1. The molecule has 1 rings (SSSR count). The van der Waals surface area contributed by atoms with Crippen molar-refractivity contribution in [2.75, 3.05) is 5.75 Å². The fourth-order valence-electron chi connectivity index (χ4n) is 1.00. The van der Waals surface area contributed by atoms with Crippen LogP contribution in [0.2, 0.25) is 0 Å². The van der Waals surface area contributed by atoms with Gasteiger partial charge in [-0.25, -0.2) is 13.8 Å². The fourth-order valence-corrected chi connectivity index (χ4v) is 1.95. The quantitative estimate of drug-likeness (QED) is 0.803. The van der Waals surface area contributed by atoms with E-state index in [0.29, 0.717) is 0 Å². The summed E-state index contributed by atoms with van der Waals surface area (Å²) in [4.78, 5) is 10.9. The third kappa shape index (κ3) is 2.11. The number of hydrogen-bond acceptors (Lipinski definition) is 3. The molecule has 0 aliphatic rings. The van der Waals surface area contributed by atoms with Gasteiger partial charge in [0.05, 0.1) is 15.3 Å². The van der Waals surface area contributed by atoms with Gasteiger partial charge in [-0.1, -0.05) is 13.0 Å². The highest BCUT2D eigenvalue weighted by molar-refractivity contribution is 7.92. The van der Waals surface area contributed by atoms with Crippen LogP contribution in [0, 0.1) is 4.78 Å². The second-order valence-electron chi connectivity index (χ2n) is 2.80. The van der Waals surface area contributed by atoms with Gasteiger partial charge in [0.15, 0.2) is 0 Å². The number of rotatable bonds is 3. The SMILES string of the molecule is CC[S@](=N)(=O)c1cccc(C(=O)O)c1. The molecule has 0 aliphatic carbocycles. The van der Waals surface area contributed by atoms with Gasteiger partial charge in [0, 0.05) is 10.6 Å². The first kappa shape index (κ1) is 10.7. The molecule has 0 aliphatic heterocycles. The third-order valence-corrected chi connectivity index (χ3v) is 3.70. The van der Waals surface area contributed by atoms with Crippen molar-refractivity contribution in [3.05, 3.63) is 29.8 Å². The first-order valence-electron chi connectivity index (χ1n) is 4.07. The highest BCUT2D eigenvalue weighted by Crippen LogP contribution is 2.13. The Hall–Kier alpha value is -1.36. The Morgan fingerprint density at radius 2 is 2.21 bits per heavy atom. The lowest BCUT2D eigenvalue weighted by molar-refractivity contribution is 0.0696. The summed E-state index contributed by atoms with van der Waals surface area (Å²) in [7, 11) is -2.82. The lowest BCUT2D eigenvalue weighted by Gasteiger charge is -2.04. The van der Waals surface area contributed by atoms with Crippen molar-refractivity contribution in [1.29, 1.82) is 4.78 Å². The van der Waals surface area contributed by atoms with E-state index in [1.54, 1.807) is 6.92 Å². The van der Waals surface area contributed by atoms with Crippen LogP contribution < -0.4 is 0 Å². The number of carboxylic acids is 1. The number of carboxylic acid groups (broad SMARTS) is 1. The second-order valence-corrected chi connectivity index (χ2v) is 5.20. The van der Waals surface area contributed by atoms with Crippen LogP contribution in [0.4, 0.5) is 0 Å². The van der Waals surface area contributed by atoms with E-state index in [1.807, 2.05) is 0 Å². The van der Waals surface area contributed by atoms with Crippen LogP contribution in [0.15, 0.2) is 29.2 Å². The topological polar surface area (TPSA) is 78.2 Å². The predicted molar refractivity (Wildman–Crippen MR) is 53.1 cm³/mol. The van der Waals surface area contributed by atoms with Gasteiger partial charge in [-0.05, 0) is 18.2 Å². The molecule has 0 saturated heterocycles. The lowest BCUT2D eigenvalue weighted by atomic mass is 10.2. The maximum Gasteiger partial charge on any atom is 0.335 e. The molecule has 0 unspecified atom stereocenters. The summed E-state index contributed by atoms with van der Waals surface area (Å²) in [5, 5.41) is 8.69. The largest absolute Gasteiger partial charge is 0.478 e. The molecular weight excluding hydrogens is 202 g/mol. The minimum absolute atomic E-state index is 0.0657. The molecule has 0 bridgehead atoms. The van der Waals surface area contributed by atoms with Crippen molar-refractivity contribution in [1.82, 2.24) is 0 Å². The standard InChI is InChI=1S/C9H11NO3S/c1-2-14(10,13)8-5-3-4-7(6-8)9(11)12/h3-6,10H,2H2,1H3,(H,11,12)/t14-/m0/s1. The van der Waals surface area contributed by atoms with Gasteiger partial charge in [0.25, 0.3) is 0 Å². The molecule has 0 radical (unpaired) electrons. The maximum absolute atomic E-state index is 11.6. The molecule has 2 N–H and O–H groups in total. The van der Waals surface area contributed by atoms with E-state index in [0.717, 1.165) is 0 Å². The first-order valence-corrected chi connectivity index (χ1v) is 5.80. The van der Waals surface area contributed by atoms with E-state index in [9.17, 15) is 9.00 Å². The number of nitrogens with one attached hydrogen (secondary N) is 1. The van der Waals surface area contributed by atoms with Gasteiger partial charge >= 0.3 is 5.97 Å². The normalized spacial score (nSPS) is 14.6. The molecule has 4 nitrogen and oxygen atoms in total. The molecule has 0 amide bonds. The van der Waals surface area contributed by atoms with Crippen LogP contribution in [0.1, 0.15) is 17.3 Å². The Bertz CT molecular complexity index is 451. The van der Waals surface area contributed by atoms with Gasteiger partial charge in [0.2, 0.25) is 0 Å². The highest BCUT2D eigenvalue weighted by atomic mass is 32.2. The van der Waals surface area contributed by atoms with Crippen LogP contribution in [0.5, 0.6) is 0 Å². The summed E-state index contributed by atoms with van der Waals surface area (Å²) in [5.74, 6) is -0.881. The molecule has 5 heteroatoms. The van der Waals surface area contributed by atoms with Crippen molar-refractivity contribution < 1.29 is 14.1 Å². The zero-order chi connectivity index (χ0) is 10.8. The van der Waals surface area contributed by atoms with Gasteiger partial charge < -0.3 is 5.11 Å². The number of benzene rings is 1. The van der Waals surface area contributed by atoms with E-state index in [4.69, 9.17) is 9.89 Å². The van der Waals surface area contributed by atoms with Crippen molar-refractivity contribution in [3.63, 3.8) is 0 Å². The van der Waals surface area contributed by atoms with E-state index in [1.165, 1.54) is 24.3 Å². The molecule has 14 heavy (non-hydrogen) atoms. The Kier molecular flexibility index (Phi) is 2.90. The molecule has 0 aromatic heterocycles. The zero-order valence-corrected chi connectivity index (χ0v) is 8.50.